The molecule has 1 heterocycles. The molecule has 0 spiro atoms. The molecular formula is C14H18ClN3O4S2. The van der Waals surface area contributed by atoms with Gasteiger partial charge in [0.05, 0.1) is 27.1 Å². The molecule has 1 aromatic rings. The number of nitro groups is 1. The molecule has 1 aromatic carbocycles. The summed E-state index contributed by atoms with van der Waals surface area (Å²) in [6, 6.07) is 3.86. The summed E-state index contributed by atoms with van der Waals surface area (Å²) in [6.45, 7) is 2.57. The van der Waals surface area contributed by atoms with E-state index >= 15 is 0 Å². The Bertz CT molecular complexity index is 754. The number of benzene rings is 1. The smallest absolute Gasteiger partial charge is 0.271 e. The van der Waals surface area contributed by atoms with Crippen LogP contribution in [0.2, 0.25) is 5.02 Å². The van der Waals surface area contributed by atoms with Gasteiger partial charge in [-0.15, -0.1) is 0 Å². The van der Waals surface area contributed by atoms with E-state index in [1.54, 1.807) is 0 Å². The third kappa shape index (κ3) is 4.55. The van der Waals surface area contributed by atoms with Gasteiger partial charge in [0, 0.05) is 24.7 Å². The van der Waals surface area contributed by atoms with Gasteiger partial charge in [-0.1, -0.05) is 18.5 Å². The van der Waals surface area contributed by atoms with Gasteiger partial charge in [-0.3, -0.25) is 10.1 Å². The number of anilines is 1. The highest BCUT2D eigenvalue weighted by Gasteiger charge is 2.33. The van der Waals surface area contributed by atoms with Crippen molar-refractivity contribution in [2.75, 3.05) is 23.4 Å². The number of hydrogen-bond donors (Lipinski definition) is 1. The summed E-state index contributed by atoms with van der Waals surface area (Å²) in [5.41, 5.74) is 0.230. The van der Waals surface area contributed by atoms with Crippen LogP contribution in [0.15, 0.2) is 18.2 Å². The topological polar surface area (TPSA) is 92.5 Å². The fraction of sp³-hybridized carbons (Fsp3) is 0.500. The summed E-state index contributed by atoms with van der Waals surface area (Å²) in [6.07, 6.45) is 1.31. The largest absolute Gasteiger partial charge is 0.345 e. The van der Waals surface area contributed by atoms with E-state index < -0.39 is 14.8 Å². The van der Waals surface area contributed by atoms with Gasteiger partial charge in [-0.25, -0.2) is 8.42 Å². The van der Waals surface area contributed by atoms with Crippen molar-refractivity contribution in [2.24, 2.45) is 0 Å². The number of nitrogens with one attached hydrogen (secondary N) is 1. The molecule has 0 radical (unpaired) electrons. The van der Waals surface area contributed by atoms with E-state index in [1.165, 1.54) is 18.2 Å². The normalized spacial score (nSPS) is 19.0. The molecule has 0 saturated carbocycles. The lowest BCUT2D eigenvalue weighted by molar-refractivity contribution is -0.384. The number of hydrogen-bond acceptors (Lipinski definition) is 5. The molecule has 24 heavy (non-hydrogen) atoms. The highest BCUT2D eigenvalue weighted by atomic mass is 35.5. The summed E-state index contributed by atoms with van der Waals surface area (Å²) < 4.78 is 23.4. The molecule has 0 bridgehead atoms. The van der Waals surface area contributed by atoms with Gasteiger partial charge in [0.1, 0.15) is 0 Å². The number of halogens is 1. The Morgan fingerprint density at radius 2 is 2.25 bits per heavy atom. The molecule has 132 valence electrons. The number of non-ortho nitro benzene ring substituents is 1. The monoisotopic (exact) mass is 391 g/mol. The average Bonchev–Trinajstić information content (AvgIpc) is 2.86. The quantitative estimate of drug-likeness (QED) is 0.468. The standard InChI is InChI=1S/C14H18ClN3O4S2/c1-2-6-17(11-5-7-24(21,22)9-11)14(23)16-13-8-10(18(19)20)3-4-12(13)15/h3-4,8,11H,2,5-7,9H2,1H3,(H,16,23)/t11-/m0/s1. The fourth-order valence-corrected chi connectivity index (χ4v) is 4.87. The van der Waals surface area contributed by atoms with E-state index in [2.05, 4.69) is 5.32 Å². The van der Waals surface area contributed by atoms with Crippen LogP contribution < -0.4 is 5.32 Å². The first-order valence-electron chi connectivity index (χ1n) is 7.45. The van der Waals surface area contributed by atoms with Gasteiger partial charge in [0.15, 0.2) is 14.9 Å². The Balaban J connectivity index is 2.19. The van der Waals surface area contributed by atoms with Gasteiger partial charge in [0.25, 0.3) is 5.69 Å². The first-order chi connectivity index (χ1) is 11.2. The molecule has 1 atom stereocenters. The lowest BCUT2D eigenvalue weighted by Gasteiger charge is -2.30. The molecular weight excluding hydrogens is 374 g/mol. The molecule has 1 aliphatic heterocycles. The lowest BCUT2D eigenvalue weighted by atomic mass is 10.2. The molecule has 0 aliphatic carbocycles. The third-order valence-electron chi connectivity index (χ3n) is 3.78. The van der Waals surface area contributed by atoms with Gasteiger partial charge in [-0.05, 0) is 31.1 Å². The van der Waals surface area contributed by atoms with Crippen LogP contribution in [-0.2, 0) is 9.84 Å². The predicted molar refractivity (Wildman–Crippen MR) is 98.4 cm³/mol. The van der Waals surface area contributed by atoms with Crippen molar-refractivity contribution in [3.63, 3.8) is 0 Å². The van der Waals surface area contributed by atoms with E-state index in [4.69, 9.17) is 23.8 Å². The molecule has 0 aromatic heterocycles. The van der Waals surface area contributed by atoms with Crippen LogP contribution >= 0.6 is 23.8 Å². The van der Waals surface area contributed by atoms with E-state index in [1.807, 2.05) is 11.8 Å². The van der Waals surface area contributed by atoms with Crippen LogP contribution in [0.4, 0.5) is 11.4 Å². The second-order valence-corrected chi connectivity index (χ2v) is 8.62. The number of rotatable bonds is 5. The minimum atomic E-state index is -3.04. The maximum Gasteiger partial charge on any atom is 0.271 e. The first kappa shape index (κ1) is 18.9. The molecule has 1 aliphatic rings. The molecule has 1 fully saturated rings. The zero-order valence-corrected chi connectivity index (χ0v) is 15.5. The Morgan fingerprint density at radius 1 is 1.54 bits per heavy atom. The zero-order chi connectivity index (χ0) is 17.9. The van der Waals surface area contributed by atoms with Crippen LogP contribution in [0, 0.1) is 10.1 Å². The van der Waals surface area contributed by atoms with Gasteiger partial charge in [0.2, 0.25) is 0 Å². The number of thiocarbonyl (C=S) groups is 1. The zero-order valence-electron chi connectivity index (χ0n) is 13.1. The van der Waals surface area contributed by atoms with Crippen LogP contribution in [0.3, 0.4) is 0 Å². The second kappa shape index (κ2) is 7.62. The lowest BCUT2D eigenvalue weighted by Crippen LogP contribution is -2.43. The van der Waals surface area contributed by atoms with Crippen molar-refractivity contribution in [1.82, 2.24) is 4.90 Å². The van der Waals surface area contributed by atoms with Gasteiger partial charge < -0.3 is 10.2 Å². The number of nitrogens with zero attached hydrogens (tertiary/aromatic N) is 2. The molecule has 1 saturated heterocycles. The number of nitro benzene ring substituents is 1. The van der Waals surface area contributed by atoms with Gasteiger partial charge in [-0.2, -0.15) is 0 Å². The van der Waals surface area contributed by atoms with E-state index in [0.29, 0.717) is 28.8 Å². The minimum Gasteiger partial charge on any atom is -0.345 e. The van der Waals surface area contributed by atoms with Crippen LogP contribution in [-0.4, -0.2) is 47.4 Å². The van der Waals surface area contributed by atoms with Crippen LogP contribution in [0.5, 0.6) is 0 Å². The molecule has 1 N–H and O–H groups in total. The van der Waals surface area contributed by atoms with E-state index in [0.717, 1.165) is 6.42 Å². The Hall–Kier alpha value is -1.45. The van der Waals surface area contributed by atoms with E-state index in [-0.39, 0.29) is 23.2 Å². The summed E-state index contributed by atoms with van der Waals surface area (Å²) in [5, 5.41) is 14.4. The first-order valence-corrected chi connectivity index (χ1v) is 10.1. The summed E-state index contributed by atoms with van der Waals surface area (Å²) in [5.74, 6) is 0.218. The molecule has 7 nitrogen and oxygen atoms in total. The van der Waals surface area contributed by atoms with Crippen molar-refractivity contribution in [3.8, 4) is 0 Å². The summed E-state index contributed by atoms with van der Waals surface area (Å²) in [7, 11) is -3.04. The molecule has 2 rings (SSSR count). The third-order valence-corrected chi connectivity index (χ3v) is 6.19. The molecule has 10 heteroatoms. The van der Waals surface area contributed by atoms with Crippen molar-refractivity contribution in [2.45, 2.75) is 25.8 Å². The second-order valence-electron chi connectivity index (χ2n) is 5.60. The fourth-order valence-electron chi connectivity index (χ4n) is 2.62. The van der Waals surface area contributed by atoms with Crippen LogP contribution in [0.25, 0.3) is 0 Å². The van der Waals surface area contributed by atoms with Crippen molar-refractivity contribution in [3.05, 3.63) is 33.3 Å². The van der Waals surface area contributed by atoms with Crippen LogP contribution in [0.1, 0.15) is 19.8 Å². The van der Waals surface area contributed by atoms with E-state index in [9.17, 15) is 18.5 Å². The van der Waals surface area contributed by atoms with Gasteiger partial charge >= 0.3 is 0 Å². The highest BCUT2D eigenvalue weighted by Crippen LogP contribution is 2.28. The Kier molecular flexibility index (Phi) is 6.00. The minimum absolute atomic E-state index is 0.0670. The Morgan fingerprint density at radius 3 is 2.79 bits per heavy atom. The highest BCUT2D eigenvalue weighted by molar-refractivity contribution is 7.91. The summed E-state index contributed by atoms with van der Waals surface area (Å²) in [4.78, 5) is 12.2. The van der Waals surface area contributed by atoms with Crippen molar-refractivity contribution < 1.29 is 13.3 Å². The van der Waals surface area contributed by atoms with Crippen molar-refractivity contribution in [1.29, 1.82) is 0 Å². The predicted octanol–water partition coefficient (Wildman–Crippen LogP) is 2.84. The Labute approximate surface area is 151 Å². The molecule has 0 amide bonds. The molecule has 0 unspecified atom stereocenters. The number of sulfone groups is 1. The average molecular weight is 392 g/mol. The summed E-state index contributed by atoms with van der Waals surface area (Å²) >= 11 is 11.5. The maximum absolute atomic E-state index is 11.7. The maximum atomic E-state index is 11.7. The SMILES string of the molecule is CCCN(C(=S)Nc1cc([N+](=O)[O-])ccc1Cl)[C@H]1CCS(=O)(=O)C1. The van der Waals surface area contributed by atoms with Crippen molar-refractivity contribution >= 4 is 50.1 Å².